The highest BCUT2D eigenvalue weighted by Gasteiger charge is 2.39. The van der Waals surface area contributed by atoms with Gasteiger partial charge in [-0.1, -0.05) is 76.8 Å². The summed E-state index contributed by atoms with van der Waals surface area (Å²) in [6.07, 6.45) is -6.29. The van der Waals surface area contributed by atoms with Crippen molar-refractivity contribution >= 4 is 58.4 Å². The van der Waals surface area contributed by atoms with E-state index in [0.29, 0.717) is 11.1 Å². The number of allylic oxidation sites excluding steroid dienone is 1. The van der Waals surface area contributed by atoms with Gasteiger partial charge in [-0.05, 0) is 46.5 Å². The first-order valence-corrected chi connectivity index (χ1v) is 12.1. The first kappa shape index (κ1) is 30.1. The van der Waals surface area contributed by atoms with Crippen LogP contribution in [0.1, 0.15) is 33.9 Å². The largest absolute Gasteiger partial charge is 0.433 e. The molecule has 0 saturated carbocycles. The number of halogens is 10. The zero-order valence-electron chi connectivity index (χ0n) is 18.9. The van der Waals surface area contributed by atoms with Crippen molar-refractivity contribution in [2.45, 2.75) is 31.2 Å². The minimum absolute atomic E-state index is 0.0112. The average Bonchev–Trinajstić information content (AvgIpc) is 2.81. The maximum absolute atomic E-state index is 13.7. The van der Waals surface area contributed by atoms with Crippen molar-refractivity contribution in [3.05, 3.63) is 103 Å². The molecule has 0 bridgehead atoms. The highest BCUT2D eigenvalue weighted by atomic mass is 35.5. The highest BCUT2D eigenvalue weighted by molar-refractivity contribution is 6.48. The summed E-state index contributed by atoms with van der Waals surface area (Å²) < 4.78 is 79.0. The highest BCUT2D eigenvalue weighted by Crippen LogP contribution is 2.41. The Morgan fingerprint density at radius 2 is 1.58 bits per heavy atom. The third-order valence-corrected chi connectivity index (χ3v) is 6.78. The number of hydrogen-bond acceptors (Lipinski definition) is 2. The van der Waals surface area contributed by atoms with E-state index in [-0.39, 0.29) is 44.2 Å². The number of alkyl halides is 6. The van der Waals surface area contributed by atoms with Crippen LogP contribution in [0.4, 0.5) is 26.3 Å². The Labute approximate surface area is 233 Å². The number of rotatable bonds is 7. The molecule has 3 aromatic rings. The van der Waals surface area contributed by atoms with Gasteiger partial charge in [0.15, 0.2) is 0 Å². The van der Waals surface area contributed by atoms with Crippen LogP contribution in [0.3, 0.4) is 0 Å². The van der Waals surface area contributed by atoms with E-state index in [9.17, 15) is 31.1 Å². The molecule has 0 aliphatic heterocycles. The number of amides is 1. The third-order valence-electron chi connectivity index (χ3n) is 5.23. The van der Waals surface area contributed by atoms with Crippen LogP contribution in [0.5, 0.6) is 0 Å². The van der Waals surface area contributed by atoms with Crippen molar-refractivity contribution in [1.82, 2.24) is 10.3 Å². The Morgan fingerprint density at radius 1 is 0.921 bits per heavy atom. The maximum Gasteiger partial charge on any atom is 0.433 e. The Balaban J connectivity index is 1.67. The Bertz CT molecular complexity index is 1320. The molecule has 1 atom stereocenters. The van der Waals surface area contributed by atoms with Gasteiger partial charge in [-0.3, -0.25) is 9.78 Å². The van der Waals surface area contributed by atoms with Gasteiger partial charge in [-0.2, -0.15) is 26.3 Å². The van der Waals surface area contributed by atoms with Crippen LogP contribution in [0, 0.1) is 0 Å². The van der Waals surface area contributed by atoms with E-state index in [1.807, 2.05) is 0 Å². The predicted molar refractivity (Wildman–Crippen MR) is 136 cm³/mol. The third kappa shape index (κ3) is 8.02. The summed E-state index contributed by atoms with van der Waals surface area (Å²) in [5, 5.41) is 2.50. The molecular weight excluding hydrogens is 600 g/mol. The van der Waals surface area contributed by atoms with Crippen molar-refractivity contribution in [2.75, 3.05) is 0 Å². The van der Waals surface area contributed by atoms with Gasteiger partial charge in [0, 0.05) is 17.8 Å². The van der Waals surface area contributed by atoms with Gasteiger partial charge >= 0.3 is 12.4 Å². The lowest BCUT2D eigenvalue weighted by Crippen LogP contribution is -2.24. The van der Waals surface area contributed by atoms with Crippen molar-refractivity contribution in [1.29, 1.82) is 0 Å². The van der Waals surface area contributed by atoms with Crippen LogP contribution in [-0.4, -0.2) is 17.1 Å². The van der Waals surface area contributed by atoms with Crippen LogP contribution < -0.4 is 5.32 Å². The lowest BCUT2D eigenvalue weighted by atomic mass is 9.97. The summed E-state index contributed by atoms with van der Waals surface area (Å²) in [6.45, 7) is -0.0112. The molecule has 38 heavy (non-hydrogen) atoms. The molecule has 1 heterocycles. The summed E-state index contributed by atoms with van der Waals surface area (Å²) in [5.41, 5.74) is -0.135. The number of carbonyl (C=O) groups is 1. The number of aromatic nitrogens is 1. The molecule has 0 fully saturated rings. The molecule has 1 unspecified atom stereocenters. The summed E-state index contributed by atoms with van der Waals surface area (Å²) >= 11 is 23.9. The van der Waals surface area contributed by atoms with Gasteiger partial charge in [-0.25, -0.2) is 0 Å². The monoisotopic (exact) mass is 614 g/mol. The molecule has 3 rings (SSSR count). The fourth-order valence-corrected chi connectivity index (χ4v) is 4.19. The van der Waals surface area contributed by atoms with Gasteiger partial charge < -0.3 is 5.32 Å². The van der Waals surface area contributed by atoms with Gasteiger partial charge in [-0.15, -0.1) is 0 Å². The van der Waals surface area contributed by atoms with E-state index in [4.69, 9.17) is 46.4 Å². The van der Waals surface area contributed by atoms with Crippen LogP contribution >= 0.6 is 46.4 Å². The van der Waals surface area contributed by atoms with E-state index >= 15 is 0 Å². The van der Waals surface area contributed by atoms with E-state index < -0.39 is 29.9 Å². The van der Waals surface area contributed by atoms with Crippen molar-refractivity contribution < 1.29 is 31.1 Å². The van der Waals surface area contributed by atoms with E-state index in [1.54, 1.807) is 0 Å². The normalized spacial score (nSPS) is 13.1. The molecule has 13 heteroatoms. The molecule has 1 N–H and O–H groups in total. The SMILES string of the molecule is O=C(Cc1ccc(C(F)(F)F)nc1)NCc1ccc(/C=C/C(c2cc(Cl)c(Cl)c(Cl)c2)C(F)(F)F)cc1Cl. The lowest BCUT2D eigenvalue weighted by Gasteiger charge is -2.18. The van der Waals surface area contributed by atoms with E-state index in [2.05, 4.69) is 10.3 Å². The Kier molecular flexibility index (Phi) is 9.62. The summed E-state index contributed by atoms with van der Waals surface area (Å²) in [4.78, 5) is 15.5. The van der Waals surface area contributed by atoms with E-state index in [1.165, 1.54) is 24.3 Å². The summed E-state index contributed by atoms with van der Waals surface area (Å²) in [7, 11) is 0. The minimum atomic E-state index is -4.65. The number of carbonyl (C=O) groups excluding carboxylic acids is 1. The fraction of sp³-hybridized carbons (Fsp3) is 0.200. The topological polar surface area (TPSA) is 42.0 Å². The van der Waals surface area contributed by atoms with Gasteiger partial charge in [0.05, 0.1) is 27.4 Å². The van der Waals surface area contributed by atoms with Crippen LogP contribution in [-0.2, 0) is 23.9 Å². The predicted octanol–water partition coefficient (Wildman–Crippen LogP) is 8.93. The van der Waals surface area contributed by atoms with Crippen LogP contribution in [0.2, 0.25) is 20.1 Å². The first-order chi connectivity index (χ1) is 17.6. The standard InChI is InChI=1S/C25H16Cl4F6N2O/c26-18-7-13(2-5-17(24(30,31)32)16-9-19(27)23(29)20(28)10-16)1-4-15(18)12-37-22(38)8-14-3-6-21(36-11-14)25(33,34)35/h1-7,9-11,17H,8,12H2,(H,37,38)/b5-2+. The molecule has 2 aromatic carbocycles. The summed E-state index contributed by atoms with van der Waals surface area (Å²) in [5.74, 6) is -2.51. The molecule has 0 aliphatic rings. The van der Waals surface area contributed by atoms with Crippen LogP contribution in [0.15, 0.2) is 54.7 Å². The molecule has 0 radical (unpaired) electrons. The maximum atomic E-state index is 13.7. The molecular formula is C25H16Cl4F6N2O. The Morgan fingerprint density at radius 3 is 2.11 bits per heavy atom. The number of nitrogens with one attached hydrogen (secondary N) is 1. The molecule has 0 aliphatic carbocycles. The number of nitrogens with zero attached hydrogens (tertiary/aromatic N) is 1. The van der Waals surface area contributed by atoms with Gasteiger partial charge in [0.1, 0.15) is 5.69 Å². The minimum Gasteiger partial charge on any atom is -0.352 e. The molecule has 0 saturated heterocycles. The molecule has 3 nitrogen and oxygen atoms in total. The fourth-order valence-electron chi connectivity index (χ4n) is 3.32. The number of pyridine rings is 1. The average molecular weight is 616 g/mol. The quantitative estimate of drug-likeness (QED) is 0.213. The molecule has 202 valence electrons. The summed E-state index contributed by atoms with van der Waals surface area (Å²) in [6, 6.07) is 8.60. The second kappa shape index (κ2) is 12.2. The second-order valence-electron chi connectivity index (χ2n) is 8.03. The van der Waals surface area contributed by atoms with Crippen molar-refractivity contribution in [3.8, 4) is 0 Å². The molecule has 0 spiro atoms. The van der Waals surface area contributed by atoms with Gasteiger partial charge in [0.2, 0.25) is 5.91 Å². The smallest absolute Gasteiger partial charge is 0.352 e. The van der Waals surface area contributed by atoms with Crippen molar-refractivity contribution in [2.24, 2.45) is 0 Å². The number of benzene rings is 2. The molecule has 1 amide bonds. The lowest BCUT2D eigenvalue weighted by molar-refractivity contribution is -0.141. The van der Waals surface area contributed by atoms with E-state index in [0.717, 1.165) is 36.5 Å². The molecule has 1 aromatic heterocycles. The van der Waals surface area contributed by atoms with Crippen molar-refractivity contribution in [3.63, 3.8) is 0 Å². The van der Waals surface area contributed by atoms with Gasteiger partial charge in [0.25, 0.3) is 0 Å². The second-order valence-corrected chi connectivity index (χ2v) is 9.63. The zero-order valence-corrected chi connectivity index (χ0v) is 21.9. The van der Waals surface area contributed by atoms with Crippen LogP contribution in [0.25, 0.3) is 6.08 Å². The number of hydrogen-bond donors (Lipinski definition) is 1. The zero-order chi connectivity index (χ0) is 28.3. The first-order valence-electron chi connectivity index (χ1n) is 10.6. The Hall–Kier alpha value is -2.46.